The summed E-state index contributed by atoms with van der Waals surface area (Å²) in [7, 11) is 0. The summed E-state index contributed by atoms with van der Waals surface area (Å²) in [5.74, 6) is 0. The van der Waals surface area contributed by atoms with E-state index in [2.05, 4.69) is 466 Å². The van der Waals surface area contributed by atoms with Gasteiger partial charge in [-0.2, -0.15) is 0 Å². The van der Waals surface area contributed by atoms with Crippen LogP contribution >= 0.6 is 0 Å². The van der Waals surface area contributed by atoms with Gasteiger partial charge in [0.2, 0.25) is 0 Å². The fraction of sp³-hybridized carbons (Fsp3) is 0.0769. The van der Waals surface area contributed by atoms with Crippen LogP contribution in [0.25, 0.3) is 219 Å². The Morgan fingerprint density at radius 1 is 0.123 bits per heavy atom. The van der Waals surface area contributed by atoms with Crippen LogP contribution in [0.2, 0.25) is 0 Å². The first-order valence-corrected chi connectivity index (χ1v) is 46.2. The first kappa shape index (κ1) is 74.6. The zero-order valence-corrected chi connectivity index (χ0v) is 73.4. The zero-order valence-electron chi connectivity index (χ0n) is 73.4. The monoisotopic (exact) mass is 1650 g/mol. The van der Waals surface area contributed by atoms with Crippen molar-refractivity contribution in [3.63, 3.8) is 0 Å². The summed E-state index contributed by atoms with van der Waals surface area (Å²) in [6, 6.07) is 160. The number of benzene rings is 23. The second kappa shape index (κ2) is 27.5. The van der Waals surface area contributed by atoms with Gasteiger partial charge in [-0.3, -0.25) is 0 Å². The Hall–Kier alpha value is -15.6. The molecule has 0 aromatic heterocycles. The largest absolute Gasteiger partial charge is 0.0725 e. The lowest BCUT2D eigenvalue weighted by Crippen LogP contribution is -2.25. The maximum Gasteiger partial charge on any atom is 0.0725 e. The molecule has 28 rings (SSSR count). The molecule has 0 heteroatoms. The van der Waals surface area contributed by atoms with Crippen LogP contribution in [-0.2, 0) is 21.7 Å². The van der Waals surface area contributed by atoms with Gasteiger partial charge in [-0.25, -0.2) is 0 Å². The van der Waals surface area contributed by atoms with Gasteiger partial charge in [0, 0.05) is 16.2 Å². The van der Waals surface area contributed by atoms with E-state index < -0.39 is 5.41 Å². The molecule has 0 saturated carbocycles. The van der Waals surface area contributed by atoms with Crippen LogP contribution in [0.3, 0.4) is 0 Å². The standard InChI is InChI=1S/C68H44.C62H44/c1-67(2)65-44(29-17-30-57(65)64-51-23-5-3-18-45(51)46-19-4-10-28-56(46)66(64)67)41-34-36-42(37-35-41)62-52-24-6-8-26-54(52)63(55-27-9-7-25-53(55)62)43-38-39-50-49-22-13-16-33-60(49)68(61(50)40-43)58-31-14-11-20-47(58)48-21-12-15-32-59(48)68;1-61(2)53-31-16-15-28-50(53)57-43-21-8-6-20-42(43)52(36-54(57)61)56-47-25-12-10-23-45(47)55(46-24-11-13-26-48(46)56)38-34-32-37(33-35-38)39-29-17-30-51-58-44-22-9-5-18-40(44)41-19-7-14-27-49(41)60(58)62(3,4)59(39)51/h3-40H,1-2H3;5-36H,1-4H3. The van der Waals surface area contributed by atoms with E-state index in [1.54, 1.807) is 0 Å². The van der Waals surface area contributed by atoms with E-state index in [4.69, 9.17) is 0 Å². The Kier molecular flexibility index (Phi) is 15.8. The molecule has 5 aliphatic carbocycles. The van der Waals surface area contributed by atoms with E-state index in [9.17, 15) is 0 Å². The van der Waals surface area contributed by atoms with Crippen molar-refractivity contribution in [2.45, 2.75) is 63.2 Å². The lowest BCUT2D eigenvalue weighted by molar-refractivity contribution is 0.661. The zero-order chi connectivity index (χ0) is 86.4. The van der Waals surface area contributed by atoms with E-state index in [1.165, 1.54) is 275 Å². The van der Waals surface area contributed by atoms with Crippen LogP contribution in [0.15, 0.2) is 425 Å². The van der Waals surface area contributed by atoms with Gasteiger partial charge in [0.1, 0.15) is 0 Å². The Morgan fingerprint density at radius 2 is 0.385 bits per heavy atom. The molecule has 608 valence electrons. The molecule has 0 nitrogen and oxygen atoms in total. The number of fused-ring (bicyclic) bond motifs is 35. The first-order valence-electron chi connectivity index (χ1n) is 46.2. The minimum Gasteiger partial charge on any atom is -0.0619 e. The van der Waals surface area contributed by atoms with E-state index in [1.807, 2.05) is 0 Å². The summed E-state index contributed by atoms with van der Waals surface area (Å²) in [6.45, 7) is 14.5. The van der Waals surface area contributed by atoms with E-state index in [0.29, 0.717) is 0 Å². The Bertz CT molecular complexity index is 8750. The number of rotatable bonds is 6. The number of hydrogen-bond donors (Lipinski definition) is 0. The molecule has 130 heavy (non-hydrogen) atoms. The molecular weight excluding hydrogens is 1560 g/mol. The van der Waals surface area contributed by atoms with Crippen LogP contribution < -0.4 is 0 Å². The highest BCUT2D eigenvalue weighted by Gasteiger charge is 2.52. The molecule has 0 bridgehead atoms. The second-order valence-corrected chi connectivity index (χ2v) is 38.4. The van der Waals surface area contributed by atoms with Gasteiger partial charge in [0.05, 0.1) is 5.41 Å². The average Bonchev–Trinajstić information content (AvgIpc) is 1.49. The van der Waals surface area contributed by atoms with Crippen LogP contribution in [-0.4, -0.2) is 0 Å². The predicted octanol–water partition coefficient (Wildman–Crippen LogP) is 35.0. The Labute approximate surface area is 757 Å². The van der Waals surface area contributed by atoms with Crippen molar-refractivity contribution in [1.82, 2.24) is 0 Å². The van der Waals surface area contributed by atoms with Crippen molar-refractivity contribution >= 4 is 97.0 Å². The summed E-state index contributed by atoms with van der Waals surface area (Å²) in [6.07, 6.45) is 0. The van der Waals surface area contributed by atoms with Crippen molar-refractivity contribution in [2.75, 3.05) is 0 Å². The molecule has 1 spiro atoms. The van der Waals surface area contributed by atoms with Gasteiger partial charge in [-0.15, -0.1) is 0 Å². The molecule has 5 aliphatic rings. The van der Waals surface area contributed by atoms with Crippen molar-refractivity contribution in [3.8, 4) is 122 Å². The molecule has 0 heterocycles. The molecule has 0 radical (unpaired) electrons. The normalized spacial score (nSPS) is 14.3. The van der Waals surface area contributed by atoms with Gasteiger partial charge in [0.15, 0.2) is 0 Å². The van der Waals surface area contributed by atoms with Crippen LogP contribution in [0, 0.1) is 0 Å². The SMILES string of the molecule is CC1(C)c2c(-c3ccc(-c4c5ccccc5c(-c5ccc6c(c5)C5(c7ccccc7-c7ccccc75)c5ccccc5-6)c5ccccc45)cc3)cccc2-c2c1c1ccccc1c1ccccc21.CC1(C)c2ccccc2-c2c1cc(-c1c3ccccc3c(-c3ccc(-c4cccc5c4C(C)(C)c4c-5c5ccccc5c5ccccc45)cc3)c3ccccc13)c1ccccc21. The molecule has 0 amide bonds. The smallest absolute Gasteiger partial charge is 0.0619 e. The highest BCUT2D eigenvalue weighted by Crippen LogP contribution is 2.66. The fourth-order valence-corrected chi connectivity index (χ4v) is 25.9. The lowest BCUT2D eigenvalue weighted by Gasteiger charge is -2.30. The summed E-state index contributed by atoms with van der Waals surface area (Å²) in [5.41, 5.74) is 41.9. The highest BCUT2D eigenvalue weighted by atomic mass is 14.5. The first-order chi connectivity index (χ1) is 63.8. The predicted molar refractivity (Wildman–Crippen MR) is 552 cm³/mol. The summed E-state index contributed by atoms with van der Waals surface area (Å²) >= 11 is 0. The van der Waals surface area contributed by atoms with Gasteiger partial charge >= 0.3 is 0 Å². The lowest BCUT2D eigenvalue weighted by atomic mass is 9.70. The Balaban J connectivity index is 0.000000134. The average molecular weight is 1650 g/mol. The maximum atomic E-state index is 2.54. The number of hydrogen-bond acceptors (Lipinski definition) is 0. The summed E-state index contributed by atoms with van der Waals surface area (Å²) < 4.78 is 0. The second-order valence-electron chi connectivity index (χ2n) is 38.4. The highest BCUT2D eigenvalue weighted by molar-refractivity contribution is 6.27. The van der Waals surface area contributed by atoms with E-state index in [0.717, 1.165) is 0 Å². The molecule has 0 N–H and O–H groups in total. The van der Waals surface area contributed by atoms with Crippen LogP contribution in [0.1, 0.15) is 97.2 Å². The molecule has 0 unspecified atom stereocenters. The minimum atomic E-state index is -0.402. The fourth-order valence-electron chi connectivity index (χ4n) is 25.9. The molecule has 0 aliphatic heterocycles. The van der Waals surface area contributed by atoms with Gasteiger partial charge in [-0.05, 0) is 287 Å². The molecule has 0 fully saturated rings. The van der Waals surface area contributed by atoms with Crippen molar-refractivity contribution in [3.05, 3.63) is 480 Å². The summed E-state index contributed by atoms with van der Waals surface area (Å²) in [5, 5.41) is 23.5. The van der Waals surface area contributed by atoms with Gasteiger partial charge in [-0.1, -0.05) is 454 Å². The third kappa shape index (κ3) is 10.1. The van der Waals surface area contributed by atoms with Gasteiger partial charge < -0.3 is 0 Å². The van der Waals surface area contributed by atoms with E-state index >= 15 is 0 Å². The molecule has 0 saturated heterocycles. The quantitative estimate of drug-likeness (QED) is 0.115. The third-order valence-electron chi connectivity index (χ3n) is 31.0. The van der Waals surface area contributed by atoms with Crippen molar-refractivity contribution < 1.29 is 0 Å². The van der Waals surface area contributed by atoms with Crippen LogP contribution in [0.4, 0.5) is 0 Å². The van der Waals surface area contributed by atoms with Gasteiger partial charge in [0.25, 0.3) is 0 Å². The van der Waals surface area contributed by atoms with E-state index in [-0.39, 0.29) is 16.2 Å². The molecule has 23 aromatic carbocycles. The van der Waals surface area contributed by atoms with Crippen molar-refractivity contribution in [2.24, 2.45) is 0 Å². The van der Waals surface area contributed by atoms with Crippen molar-refractivity contribution in [1.29, 1.82) is 0 Å². The summed E-state index contributed by atoms with van der Waals surface area (Å²) in [4.78, 5) is 0. The topological polar surface area (TPSA) is 0 Å². The molecule has 0 atom stereocenters. The Morgan fingerprint density at radius 3 is 0.777 bits per heavy atom. The van der Waals surface area contributed by atoms with Crippen LogP contribution in [0.5, 0.6) is 0 Å². The minimum absolute atomic E-state index is 0.115. The molecular formula is C130H88. The third-order valence-corrected chi connectivity index (χ3v) is 31.0. The molecule has 23 aromatic rings. The maximum absolute atomic E-state index is 2.54.